The summed E-state index contributed by atoms with van der Waals surface area (Å²) >= 11 is 6.10. The first-order valence-electron chi connectivity index (χ1n) is 15.3. The second kappa shape index (κ2) is 12.9. The summed E-state index contributed by atoms with van der Waals surface area (Å²) in [6, 6.07) is 2.57. The van der Waals surface area contributed by atoms with E-state index in [4.69, 9.17) is 16.3 Å². The number of benzene rings is 1. The third kappa shape index (κ3) is 6.70. The van der Waals surface area contributed by atoms with Crippen LogP contribution in [-0.2, 0) is 28.7 Å². The van der Waals surface area contributed by atoms with Crippen LogP contribution in [0.4, 0.5) is 29.3 Å². The highest BCUT2D eigenvalue weighted by molar-refractivity contribution is 6.33. The van der Waals surface area contributed by atoms with Gasteiger partial charge in [-0.05, 0) is 55.4 Å². The first-order valence-corrected chi connectivity index (χ1v) is 15.6. The standard InChI is InChI=1S/C30H34ClF3N8O4/c1-2-23-25(39-9-11-40(12-10-39)29(45)35-16-18-3-4-18)27(44)42-28(37-26(38-42)19-7-13-46-14-8-19)41(23)17-24(43)36-22-6-5-20(15-21(22)31)30(32,33)34/h5-7,15,18H,2-4,8-14,16-17H2,1H3,(H,35,45)(H,36,43). The monoisotopic (exact) mass is 662 g/mol. The number of rotatable bonds is 8. The van der Waals surface area contributed by atoms with Gasteiger partial charge in [-0.15, -0.1) is 5.10 Å². The quantitative estimate of drug-likeness (QED) is 0.376. The maximum Gasteiger partial charge on any atom is 0.416 e. The van der Waals surface area contributed by atoms with Crippen LogP contribution in [0.2, 0.25) is 5.02 Å². The molecule has 1 aromatic carbocycles. The Morgan fingerprint density at radius 3 is 2.54 bits per heavy atom. The Morgan fingerprint density at radius 1 is 1.15 bits per heavy atom. The average Bonchev–Trinajstić information content (AvgIpc) is 3.77. The van der Waals surface area contributed by atoms with E-state index in [0.29, 0.717) is 81.9 Å². The van der Waals surface area contributed by atoms with Gasteiger partial charge in [0.05, 0.1) is 35.2 Å². The largest absolute Gasteiger partial charge is 0.416 e. The first-order chi connectivity index (χ1) is 22.0. The molecule has 2 N–H and O–H groups in total. The van der Waals surface area contributed by atoms with Crippen molar-refractivity contribution >= 4 is 46.3 Å². The molecule has 1 saturated carbocycles. The van der Waals surface area contributed by atoms with Crippen LogP contribution in [0.5, 0.6) is 0 Å². The summed E-state index contributed by atoms with van der Waals surface area (Å²) in [7, 11) is 0. The van der Waals surface area contributed by atoms with E-state index in [1.165, 1.54) is 4.52 Å². The van der Waals surface area contributed by atoms with Crippen LogP contribution in [0.15, 0.2) is 29.1 Å². The van der Waals surface area contributed by atoms with Crippen LogP contribution in [0.25, 0.3) is 11.4 Å². The van der Waals surface area contributed by atoms with E-state index in [-0.39, 0.29) is 29.1 Å². The Morgan fingerprint density at radius 2 is 1.91 bits per heavy atom. The van der Waals surface area contributed by atoms with E-state index in [0.717, 1.165) is 36.6 Å². The third-order valence-corrected chi connectivity index (χ3v) is 8.72. The summed E-state index contributed by atoms with van der Waals surface area (Å²) < 4.78 is 47.6. The van der Waals surface area contributed by atoms with Crippen LogP contribution >= 0.6 is 11.6 Å². The number of carbonyl (C=O) groups is 2. The fourth-order valence-electron chi connectivity index (χ4n) is 5.72. The molecule has 0 atom stereocenters. The molecule has 46 heavy (non-hydrogen) atoms. The highest BCUT2D eigenvalue weighted by Gasteiger charge is 2.32. The van der Waals surface area contributed by atoms with Gasteiger partial charge in [-0.25, -0.2) is 4.79 Å². The topological polar surface area (TPSA) is 126 Å². The molecule has 2 fully saturated rings. The van der Waals surface area contributed by atoms with Crippen LogP contribution in [-0.4, -0.2) is 81.9 Å². The van der Waals surface area contributed by atoms with Gasteiger partial charge in [0.15, 0.2) is 5.82 Å². The minimum Gasteiger partial charge on any atom is -0.377 e. The van der Waals surface area contributed by atoms with E-state index >= 15 is 0 Å². The zero-order chi connectivity index (χ0) is 32.6. The van der Waals surface area contributed by atoms with Crippen LogP contribution in [0.3, 0.4) is 0 Å². The van der Waals surface area contributed by atoms with Gasteiger partial charge in [-0.2, -0.15) is 22.7 Å². The number of amides is 3. The van der Waals surface area contributed by atoms with Crippen LogP contribution < -0.4 is 21.1 Å². The van der Waals surface area contributed by atoms with Crippen molar-refractivity contribution < 1.29 is 27.5 Å². The van der Waals surface area contributed by atoms with Crippen LogP contribution in [0.1, 0.15) is 43.3 Å². The normalized spacial score (nSPS) is 17.3. The van der Waals surface area contributed by atoms with Crippen molar-refractivity contribution in [2.24, 2.45) is 5.92 Å². The summed E-state index contributed by atoms with van der Waals surface area (Å²) in [5, 5.41) is 9.85. The fourth-order valence-corrected chi connectivity index (χ4v) is 5.95. The predicted octanol–water partition coefficient (Wildman–Crippen LogP) is 3.81. The van der Waals surface area contributed by atoms with Crippen molar-refractivity contribution in [2.75, 3.05) is 56.2 Å². The molecule has 0 spiro atoms. The van der Waals surface area contributed by atoms with Gasteiger partial charge >= 0.3 is 12.2 Å². The Balaban J connectivity index is 1.32. The van der Waals surface area contributed by atoms with Crippen LogP contribution in [0, 0.1) is 5.92 Å². The lowest BCUT2D eigenvalue weighted by Gasteiger charge is -2.36. The predicted molar refractivity (Wildman–Crippen MR) is 165 cm³/mol. The molecule has 0 unspecified atom stereocenters. The highest BCUT2D eigenvalue weighted by Crippen LogP contribution is 2.34. The maximum atomic E-state index is 14.0. The second-order valence-corrected chi connectivity index (χ2v) is 12.0. The Bertz CT molecular complexity index is 1740. The minimum atomic E-state index is -4.59. The molecule has 6 rings (SSSR count). The lowest BCUT2D eigenvalue weighted by molar-refractivity contribution is -0.137. The summed E-state index contributed by atoms with van der Waals surface area (Å²) in [5.41, 5.74) is 0.387. The minimum absolute atomic E-state index is 0.0144. The maximum absolute atomic E-state index is 14.0. The molecule has 0 radical (unpaired) electrons. The number of piperazine rings is 1. The third-order valence-electron chi connectivity index (χ3n) is 8.41. The Kier molecular flexibility index (Phi) is 8.97. The number of alkyl halides is 3. The number of halogens is 4. The lowest BCUT2D eigenvalue weighted by atomic mass is 10.1. The number of nitrogens with zero attached hydrogens (tertiary/aromatic N) is 6. The molecule has 16 heteroatoms. The number of aromatic nitrogens is 4. The molecule has 2 aliphatic heterocycles. The number of hydrogen-bond acceptors (Lipinski definition) is 7. The van der Waals surface area contributed by atoms with Crippen molar-refractivity contribution in [3.8, 4) is 0 Å². The number of nitrogens with one attached hydrogen (secondary N) is 2. The molecule has 246 valence electrons. The summed E-state index contributed by atoms with van der Waals surface area (Å²) in [4.78, 5) is 48.4. The molecule has 12 nitrogen and oxygen atoms in total. The van der Waals surface area contributed by atoms with Gasteiger partial charge in [-0.1, -0.05) is 24.6 Å². The van der Waals surface area contributed by atoms with E-state index < -0.39 is 23.2 Å². The van der Waals surface area contributed by atoms with E-state index in [1.54, 1.807) is 9.47 Å². The van der Waals surface area contributed by atoms with E-state index in [9.17, 15) is 27.6 Å². The fraction of sp³-hybridized carbons (Fsp3) is 0.500. The van der Waals surface area contributed by atoms with Gasteiger partial charge in [0.1, 0.15) is 12.2 Å². The molecular formula is C30H34ClF3N8O4. The molecular weight excluding hydrogens is 629 g/mol. The smallest absolute Gasteiger partial charge is 0.377 e. The molecule has 1 aliphatic carbocycles. The lowest BCUT2D eigenvalue weighted by Crippen LogP contribution is -2.53. The highest BCUT2D eigenvalue weighted by atomic mass is 35.5. The zero-order valence-electron chi connectivity index (χ0n) is 25.2. The summed E-state index contributed by atoms with van der Waals surface area (Å²) in [6.07, 6.45) is 0.436. The van der Waals surface area contributed by atoms with Crippen molar-refractivity contribution in [3.05, 3.63) is 56.7 Å². The number of hydrogen-bond donors (Lipinski definition) is 2. The molecule has 3 aromatic rings. The second-order valence-electron chi connectivity index (χ2n) is 11.6. The van der Waals surface area contributed by atoms with E-state index in [1.807, 2.05) is 17.9 Å². The summed E-state index contributed by atoms with van der Waals surface area (Å²) in [5.74, 6) is 0.468. The average molecular weight is 663 g/mol. The molecule has 4 heterocycles. The number of anilines is 2. The number of urea groups is 1. The Labute approximate surface area is 267 Å². The molecule has 0 bridgehead atoms. The molecule has 3 aliphatic rings. The van der Waals surface area contributed by atoms with Gasteiger partial charge in [0, 0.05) is 32.7 Å². The summed E-state index contributed by atoms with van der Waals surface area (Å²) in [6.45, 7) is 4.65. The molecule has 2 aromatic heterocycles. The molecule has 1 saturated heterocycles. The first kappa shape index (κ1) is 31.9. The SMILES string of the molecule is CCc1c(N2CCN(C(=O)NCC3CC3)CC2)c(=O)n2nc(C3=CCOCC3)nc2n1CC(=O)Nc1ccc(C(F)(F)F)cc1Cl. The van der Waals surface area contributed by atoms with E-state index in [2.05, 4.69) is 20.7 Å². The van der Waals surface area contributed by atoms with Crippen molar-refractivity contribution in [1.29, 1.82) is 0 Å². The van der Waals surface area contributed by atoms with Crippen molar-refractivity contribution in [1.82, 2.24) is 29.4 Å². The van der Waals surface area contributed by atoms with Crippen molar-refractivity contribution in [3.63, 3.8) is 0 Å². The molecule has 3 amide bonds. The number of carbonyl (C=O) groups excluding carboxylic acids is 2. The van der Waals surface area contributed by atoms with Crippen molar-refractivity contribution in [2.45, 2.75) is 45.3 Å². The Hall–Kier alpha value is -4.11. The van der Waals surface area contributed by atoms with Gasteiger partial charge < -0.3 is 29.7 Å². The van der Waals surface area contributed by atoms with Gasteiger partial charge in [-0.3, -0.25) is 9.59 Å². The van der Waals surface area contributed by atoms with Gasteiger partial charge in [0.25, 0.3) is 5.56 Å². The number of ether oxygens (including phenoxy) is 1. The number of fused-ring (bicyclic) bond motifs is 1. The zero-order valence-corrected chi connectivity index (χ0v) is 26.0. The van der Waals surface area contributed by atoms with Gasteiger partial charge in [0.2, 0.25) is 11.7 Å².